The number of hydrogen-bond donors (Lipinski definition) is 1. The monoisotopic (exact) mass is 844 g/mol. The number of nitrogens with zero attached hydrogens (tertiary/aromatic N) is 1. The molecule has 0 unspecified atom stereocenters. The van der Waals surface area contributed by atoms with Crippen LogP contribution in [0.15, 0.2) is 72.8 Å². The minimum absolute atomic E-state index is 0.211. The molecule has 0 radical (unpaired) electrons. The van der Waals surface area contributed by atoms with Crippen LogP contribution in [0.5, 0.6) is 5.75 Å². The van der Waals surface area contributed by atoms with Crippen molar-refractivity contribution in [2.75, 3.05) is 24.3 Å². The Balaban J connectivity index is 0.000000229. The number of nitrogens with one attached hydrogen (secondary N) is 1. The predicted molar refractivity (Wildman–Crippen MR) is 179 cm³/mol. The van der Waals surface area contributed by atoms with Gasteiger partial charge in [0.2, 0.25) is 5.91 Å². The van der Waals surface area contributed by atoms with Gasteiger partial charge in [0.15, 0.2) is 0 Å². The number of carbonyl (C=O) groups is 1. The molecule has 3 aromatic rings. The van der Waals surface area contributed by atoms with Crippen molar-refractivity contribution in [2.24, 2.45) is 0 Å². The number of benzene rings is 3. The van der Waals surface area contributed by atoms with Gasteiger partial charge in [0, 0.05) is 27.6 Å². The zero-order chi connectivity index (χ0) is 32.0. The van der Waals surface area contributed by atoms with E-state index >= 15 is 0 Å². The summed E-state index contributed by atoms with van der Waals surface area (Å²) in [5, 5.41) is 4.37. The summed E-state index contributed by atoms with van der Waals surface area (Å²) in [5.41, 5.74) is 4.42. The van der Waals surface area contributed by atoms with Gasteiger partial charge in [-0.1, -0.05) is 34.5 Å². The van der Waals surface area contributed by atoms with Crippen molar-refractivity contribution in [2.45, 2.75) is 75.5 Å². The summed E-state index contributed by atoms with van der Waals surface area (Å²) in [6.45, 7) is 0. The van der Waals surface area contributed by atoms with Crippen LogP contribution in [0.1, 0.15) is 74.6 Å². The quantitative estimate of drug-likeness (QED) is 0.107. The van der Waals surface area contributed by atoms with Gasteiger partial charge >= 0.3 is 39.7 Å². The van der Waals surface area contributed by atoms with Gasteiger partial charge in [0.1, 0.15) is 11.1 Å². The van der Waals surface area contributed by atoms with Crippen molar-refractivity contribution in [1.82, 2.24) is 0 Å². The summed E-state index contributed by atoms with van der Waals surface area (Å²) in [7, 11) is 3.52. The summed E-state index contributed by atoms with van der Waals surface area (Å²) < 4.78 is 36.9. The molecule has 0 atom stereocenters. The average molecular weight is 845 g/mol. The molecule has 244 valence electrons. The molecular formula is C33H42AuClFN2O4PS. The first-order chi connectivity index (χ1) is 21.2. The minimum atomic E-state index is -5.06. The van der Waals surface area contributed by atoms with Crippen molar-refractivity contribution < 1.29 is 41.3 Å². The topological polar surface area (TPSA) is 75.7 Å². The SMILES string of the molecule is CN(C)c1ccccc1[PH+](C1CCCCC1)C1CCCCC1.O=C(Nc1c[c-]ccc1)c1ccc(OS(=O)(=O)F)cc1.[Cl][Au]. The molecular weight excluding hydrogens is 803 g/mol. The average Bonchev–Trinajstić information content (AvgIpc) is 3.04. The van der Waals surface area contributed by atoms with Crippen molar-refractivity contribution in [1.29, 1.82) is 0 Å². The fourth-order valence-corrected chi connectivity index (χ4v) is 11.0. The van der Waals surface area contributed by atoms with E-state index in [2.05, 4.69) is 68.0 Å². The number of carbonyl (C=O) groups excluding carboxylic acids is 1. The Morgan fingerprint density at radius 2 is 1.48 bits per heavy atom. The normalized spacial score (nSPS) is 15.7. The third-order valence-corrected chi connectivity index (χ3v) is 12.4. The summed E-state index contributed by atoms with van der Waals surface area (Å²) >= 11 is 1.75. The van der Waals surface area contributed by atoms with Gasteiger partial charge in [-0.05, 0) is 87.8 Å². The summed E-state index contributed by atoms with van der Waals surface area (Å²) in [6.07, 6.45) is 14.9. The summed E-state index contributed by atoms with van der Waals surface area (Å²) in [5.74, 6) is -0.601. The molecule has 44 heavy (non-hydrogen) atoms. The molecule has 0 aromatic heterocycles. The zero-order valence-corrected chi connectivity index (χ0v) is 29.9. The van der Waals surface area contributed by atoms with Crippen LogP contribution in [0.3, 0.4) is 0 Å². The zero-order valence-electron chi connectivity index (χ0n) is 25.2. The van der Waals surface area contributed by atoms with Crippen LogP contribution in [0.25, 0.3) is 0 Å². The molecule has 3 aromatic carbocycles. The first-order valence-electron chi connectivity index (χ1n) is 15.0. The van der Waals surface area contributed by atoms with E-state index in [1.165, 1.54) is 94.2 Å². The standard InChI is InChI=1S/C20H32NP.C13H9FNO4S.Au.ClH/c1-21(2)19-15-9-10-16-20(19)22(17-11-5-3-6-12-17)18-13-7-4-8-14-18;14-20(17,18)19-12-8-6-10(7-9-12)13(16)15-11-4-2-1-3-5-11;;/h9-10,15-18H,3-8,11-14H2,1-2H3;1-2,4-9H,(H,15,16);;1H/q;-1;+1;. The van der Waals surface area contributed by atoms with Crippen LogP contribution in [0.2, 0.25) is 0 Å². The van der Waals surface area contributed by atoms with E-state index in [-0.39, 0.29) is 17.2 Å². The number of halogens is 2. The van der Waals surface area contributed by atoms with E-state index in [0.29, 0.717) is 5.69 Å². The second-order valence-electron chi connectivity index (χ2n) is 11.3. The molecule has 5 rings (SSSR count). The second kappa shape index (κ2) is 18.9. The molecule has 2 saturated carbocycles. The number of anilines is 2. The van der Waals surface area contributed by atoms with Crippen molar-refractivity contribution in [3.05, 3.63) is 84.4 Å². The van der Waals surface area contributed by atoms with Gasteiger partial charge in [-0.15, -0.1) is 6.07 Å². The predicted octanol–water partition coefficient (Wildman–Crippen LogP) is 8.28. The van der Waals surface area contributed by atoms with Gasteiger partial charge in [-0.2, -0.15) is 32.7 Å². The molecule has 1 amide bonds. The van der Waals surface area contributed by atoms with E-state index in [4.69, 9.17) is 0 Å². The van der Waals surface area contributed by atoms with Crippen LogP contribution >= 0.6 is 17.1 Å². The van der Waals surface area contributed by atoms with Gasteiger partial charge in [0.05, 0.1) is 17.0 Å². The van der Waals surface area contributed by atoms with Crippen molar-refractivity contribution in [3.8, 4) is 5.75 Å². The van der Waals surface area contributed by atoms with Crippen LogP contribution in [0, 0.1) is 6.07 Å². The van der Waals surface area contributed by atoms with Crippen molar-refractivity contribution >= 4 is 50.2 Å². The van der Waals surface area contributed by atoms with E-state index in [9.17, 15) is 17.1 Å². The fraction of sp³-hybridized carbons (Fsp3) is 0.424. The Morgan fingerprint density at radius 1 is 0.909 bits per heavy atom. The Bertz CT molecular complexity index is 1370. The summed E-state index contributed by atoms with van der Waals surface area (Å²) in [6, 6.07) is 23.9. The Kier molecular flexibility index (Phi) is 15.7. The summed E-state index contributed by atoms with van der Waals surface area (Å²) in [4.78, 5) is 14.2. The second-order valence-corrected chi connectivity index (χ2v) is 15.3. The number of amides is 1. The third kappa shape index (κ3) is 11.8. The van der Waals surface area contributed by atoms with Gasteiger partial charge in [-0.25, -0.2) is 0 Å². The van der Waals surface area contributed by atoms with Crippen molar-refractivity contribution in [3.63, 3.8) is 0 Å². The first kappa shape index (κ1) is 36.5. The molecule has 0 saturated heterocycles. The maximum absolute atomic E-state index is 12.3. The van der Waals surface area contributed by atoms with Gasteiger partial charge in [-0.3, -0.25) is 4.79 Å². The van der Waals surface area contributed by atoms with Crippen LogP contribution in [-0.2, 0) is 30.5 Å². The molecule has 6 nitrogen and oxygen atoms in total. The molecule has 0 spiro atoms. The Hall–Kier alpha value is -1.93. The Morgan fingerprint density at radius 3 is 1.98 bits per heavy atom. The molecule has 2 fully saturated rings. The van der Waals surface area contributed by atoms with Crippen LogP contribution < -0.4 is 19.7 Å². The van der Waals surface area contributed by atoms with E-state index in [1.807, 2.05) is 0 Å². The van der Waals surface area contributed by atoms with Crippen LogP contribution in [-0.4, -0.2) is 39.7 Å². The number of rotatable bonds is 8. The van der Waals surface area contributed by atoms with Crippen LogP contribution in [0.4, 0.5) is 15.3 Å². The third-order valence-electron chi connectivity index (χ3n) is 8.06. The molecule has 11 heteroatoms. The van der Waals surface area contributed by atoms with Gasteiger partial charge < -0.3 is 14.4 Å². The van der Waals surface area contributed by atoms with E-state index in [1.54, 1.807) is 49.6 Å². The number of para-hydroxylation sites is 1. The molecule has 2 aliphatic rings. The molecule has 0 aliphatic heterocycles. The van der Waals surface area contributed by atoms with E-state index in [0.717, 1.165) is 11.3 Å². The Labute approximate surface area is 280 Å². The van der Waals surface area contributed by atoms with Gasteiger partial charge in [0.25, 0.3) is 0 Å². The first-order valence-corrected chi connectivity index (χ1v) is 20.6. The molecule has 0 bridgehead atoms. The maximum atomic E-state index is 12.3. The fourth-order valence-electron chi connectivity index (χ4n) is 6.16. The molecule has 0 heterocycles. The molecule has 2 aliphatic carbocycles. The van der Waals surface area contributed by atoms with E-state index < -0.39 is 18.4 Å². The number of hydrogen-bond acceptors (Lipinski definition) is 5. The molecule has 1 N–H and O–H groups in total.